The molecule has 1 atom stereocenters. The van der Waals surface area contributed by atoms with Gasteiger partial charge in [-0.3, -0.25) is 4.79 Å². The van der Waals surface area contributed by atoms with Crippen LogP contribution in [-0.2, 0) is 4.79 Å². The van der Waals surface area contributed by atoms with Crippen LogP contribution in [0.15, 0.2) is 40.4 Å². The van der Waals surface area contributed by atoms with E-state index in [1.54, 1.807) is 11.3 Å². The lowest BCUT2D eigenvalue weighted by Gasteiger charge is -2.13. The average Bonchev–Trinajstić information content (AvgIpc) is 3.09. The highest BCUT2D eigenvalue weighted by Gasteiger charge is 2.16. The van der Waals surface area contributed by atoms with Crippen LogP contribution >= 0.6 is 27.3 Å². The molecular formula is C16H17BrN4OS. The summed E-state index contributed by atoms with van der Waals surface area (Å²) in [6, 6.07) is 7.74. The average molecular weight is 393 g/mol. The highest BCUT2D eigenvalue weighted by Crippen LogP contribution is 2.30. The molecule has 0 aromatic carbocycles. The minimum atomic E-state index is -0.0406. The van der Waals surface area contributed by atoms with Crippen LogP contribution in [0.2, 0.25) is 0 Å². The van der Waals surface area contributed by atoms with Crippen molar-refractivity contribution in [3.63, 3.8) is 0 Å². The first kappa shape index (κ1) is 16.2. The maximum absolute atomic E-state index is 12.3. The molecule has 0 fully saturated rings. The van der Waals surface area contributed by atoms with E-state index >= 15 is 0 Å². The number of fused-ring (bicyclic) bond motifs is 1. The number of imidazole rings is 1. The van der Waals surface area contributed by atoms with Crippen molar-refractivity contribution in [2.45, 2.75) is 19.3 Å². The second kappa shape index (κ2) is 6.82. The number of thiophene rings is 1. The largest absolute Gasteiger partial charge is 0.330 e. The number of carbonyl (C=O) groups excluding carboxylic acids is 1. The maximum atomic E-state index is 12.3. The second-order valence-corrected chi connectivity index (χ2v) is 7.89. The molecule has 1 amide bonds. The van der Waals surface area contributed by atoms with Crippen molar-refractivity contribution in [2.24, 2.45) is 5.73 Å². The van der Waals surface area contributed by atoms with Gasteiger partial charge in [-0.1, -0.05) is 0 Å². The number of aromatic nitrogens is 2. The summed E-state index contributed by atoms with van der Waals surface area (Å²) >= 11 is 5.06. The van der Waals surface area contributed by atoms with Crippen molar-refractivity contribution >= 4 is 44.5 Å². The van der Waals surface area contributed by atoms with E-state index in [-0.39, 0.29) is 11.8 Å². The number of nitrogens with zero attached hydrogens (tertiary/aromatic N) is 2. The van der Waals surface area contributed by atoms with Crippen LogP contribution in [0.25, 0.3) is 5.65 Å². The van der Waals surface area contributed by atoms with E-state index in [4.69, 9.17) is 5.73 Å². The number of carbonyl (C=O) groups is 1. The lowest BCUT2D eigenvalue weighted by atomic mass is 10.0. The molecule has 0 bridgehead atoms. The molecule has 120 valence electrons. The number of aryl methyl sites for hydroxylation is 1. The maximum Gasteiger partial charge on any atom is 0.225 e. The van der Waals surface area contributed by atoms with Gasteiger partial charge in [0.15, 0.2) is 0 Å². The number of rotatable bonds is 5. The van der Waals surface area contributed by atoms with E-state index in [2.05, 4.69) is 26.2 Å². The molecule has 1 unspecified atom stereocenters. The predicted octanol–water partition coefficient (Wildman–Crippen LogP) is 3.54. The summed E-state index contributed by atoms with van der Waals surface area (Å²) in [6.45, 7) is 2.39. The molecule has 3 aromatic rings. The predicted molar refractivity (Wildman–Crippen MR) is 97.0 cm³/mol. The number of pyridine rings is 1. The van der Waals surface area contributed by atoms with Crippen LogP contribution in [0, 0.1) is 6.92 Å². The Hall–Kier alpha value is -1.70. The van der Waals surface area contributed by atoms with Crippen molar-refractivity contribution in [1.82, 2.24) is 9.38 Å². The van der Waals surface area contributed by atoms with E-state index in [0.29, 0.717) is 13.0 Å². The van der Waals surface area contributed by atoms with Crippen molar-refractivity contribution in [3.8, 4) is 0 Å². The molecule has 3 N–H and O–H groups in total. The van der Waals surface area contributed by atoms with Gasteiger partial charge in [-0.15, -0.1) is 11.3 Å². The molecule has 3 heterocycles. The SMILES string of the molecule is Cc1cn2cc(NC(=O)CC(CN)c3ccc(Br)s3)ccc2n1. The second-order valence-electron chi connectivity index (χ2n) is 5.39. The summed E-state index contributed by atoms with van der Waals surface area (Å²) in [7, 11) is 0. The zero-order valence-electron chi connectivity index (χ0n) is 12.6. The third kappa shape index (κ3) is 3.80. The third-order valence-electron chi connectivity index (χ3n) is 3.57. The number of nitrogens with one attached hydrogen (secondary N) is 1. The molecule has 0 aliphatic carbocycles. The summed E-state index contributed by atoms with van der Waals surface area (Å²) in [6.07, 6.45) is 4.16. The van der Waals surface area contributed by atoms with Gasteiger partial charge in [-0.2, -0.15) is 0 Å². The van der Waals surface area contributed by atoms with Crippen molar-refractivity contribution in [2.75, 3.05) is 11.9 Å². The van der Waals surface area contributed by atoms with E-state index in [1.165, 1.54) is 0 Å². The van der Waals surface area contributed by atoms with E-state index in [0.717, 1.165) is 25.7 Å². The molecule has 0 aliphatic rings. The van der Waals surface area contributed by atoms with Gasteiger partial charge in [0, 0.05) is 36.2 Å². The summed E-state index contributed by atoms with van der Waals surface area (Å²) in [4.78, 5) is 17.8. The molecular weight excluding hydrogens is 376 g/mol. The van der Waals surface area contributed by atoms with Gasteiger partial charge in [0.2, 0.25) is 5.91 Å². The molecule has 0 saturated carbocycles. The molecule has 3 rings (SSSR count). The van der Waals surface area contributed by atoms with Gasteiger partial charge in [0.1, 0.15) is 5.65 Å². The topological polar surface area (TPSA) is 72.4 Å². The van der Waals surface area contributed by atoms with Gasteiger partial charge in [0.05, 0.1) is 15.2 Å². The standard InChI is InChI=1S/C16H17BrN4OS/c1-10-8-21-9-12(2-5-15(21)19-10)20-16(22)6-11(7-18)13-3-4-14(17)23-13/h2-5,8-9,11H,6-7,18H2,1H3,(H,20,22). The lowest BCUT2D eigenvalue weighted by Crippen LogP contribution is -2.20. The minimum Gasteiger partial charge on any atom is -0.330 e. The van der Waals surface area contributed by atoms with Gasteiger partial charge >= 0.3 is 0 Å². The Labute approximate surface area is 146 Å². The van der Waals surface area contributed by atoms with E-state index in [9.17, 15) is 4.79 Å². The minimum absolute atomic E-state index is 0.0329. The number of amides is 1. The van der Waals surface area contributed by atoms with Crippen LogP contribution in [0.3, 0.4) is 0 Å². The number of hydrogen-bond acceptors (Lipinski definition) is 4. The number of hydrogen-bond donors (Lipinski definition) is 2. The Kier molecular flexibility index (Phi) is 4.79. The van der Waals surface area contributed by atoms with Crippen LogP contribution in [0.4, 0.5) is 5.69 Å². The fourth-order valence-electron chi connectivity index (χ4n) is 2.48. The zero-order valence-corrected chi connectivity index (χ0v) is 15.0. The molecule has 0 saturated heterocycles. The molecule has 23 heavy (non-hydrogen) atoms. The van der Waals surface area contributed by atoms with Crippen LogP contribution in [0.5, 0.6) is 0 Å². The van der Waals surface area contributed by atoms with E-state index in [1.807, 2.05) is 48.0 Å². The number of nitrogens with two attached hydrogens (primary N) is 1. The molecule has 0 spiro atoms. The first-order valence-corrected chi connectivity index (χ1v) is 8.86. The van der Waals surface area contributed by atoms with Crippen LogP contribution < -0.4 is 11.1 Å². The summed E-state index contributed by atoms with van der Waals surface area (Å²) < 4.78 is 2.95. The monoisotopic (exact) mass is 392 g/mol. The highest BCUT2D eigenvalue weighted by atomic mass is 79.9. The van der Waals surface area contributed by atoms with Crippen LogP contribution in [0.1, 0.15) is 22.9 Å². The van der Waals surface area contributed by atoms with Crippen molar-refractivity contribution in [1.29, 1.82) is 0 Å². The summed E-state index contributed by atoms with van der Waals surface area (Å²) in [5.74, 6) is -0.00770. The van der Waals surface area contributed by atoms with Gasteiger partial charge in [-0.25, -0.2) is 4.98 Å². The Bertz CT molecular complexity index is 842. The first-order chi connectivity index (χ1) is 11.0. The van der Waals surface area contributed by atoms with Gasteiger partial charge in [0.25, 0.3) is 0 Å². The fraction of sp³-hybridized carbons (Fsp3) is 0.250. The van der Waals surface area contributed by atoms with Crippen LogP contribution in [-0.4, -0.2) is 21.8 Å². The molecule has 3 aromatic heterocycles. The Balaban J connectivity index is 1.69. The van der Waals surface area contributed by atoms with Gasteiger partial charge < -0.3 is 15.5 Å². The number of anilines is 1. The summed E-state index contributed by atoms with van der Waals surface area (Å²) in [5.41, 5.74) is 8.39. The highest BCUT2D eigenvalue weighted by molar-refractivity contribution is 9.11. The quantitative estimate of drug-likeness (QED) is 0.697. The Morgan fingerprint density at radius 2 is 2.22 bits per heavy atom. The smallest absolute Gasteiger partial charge is 0.225 e. The molecule has 0 radical (unpaired) electrons. The van der Waals surface area contributed by atoms with Crippen molar-refractivity contribution < 1.29 is 4.79 Å². The third-order valence-corrected chi connectivity index (χ3v) is 5.35. The Morgan fingerprint density at radius 1 is 1.39 bits per heavy atom. The number of halogens is 1. The zero-order chi connectivity index (χ0) is 16.4. The lowest BCUT2D eigenvalue weighted by molar-refractivity contribution is -0.116. The first-order valence-electron chi connectivity index (χ1n) is 7.25. The van der Waals surface area contributed by atoms with E-state index < -0.39 is 0 Å². The van der Waals surface area contributed by atoms with Crippen molar-refractivity contribution in [3.05, 3.63) is 51.0 Å². The Morgan fingerprint density at radius 3 is 2.91 bits per heavy atom. The summed E-state index contributed by atoms with van der Waals surface area (Å²) in [5, 5.41) is 2.93. The normalized spacial score (nSPS) is 12.5. The molecule has 7 heteroatoms. The molecule has 5 nitrogen and oxygen atoms in total. The molecule has 0 aliphatic heterocycles. The fourth-order valence-corrected chi connectivity index (χ4v) is 4.01. The van der Waals surface area contributed by atoms with Gasteiger partial charge in [-0.05, 0) is 47.1 Å².